The number of ether oxygens (including phenoxy) is 2. The molecule has 0 unspecified atom stereocenters. The average Bonchev–Trinajstić information content (AvgIpc) is 3.44. The molecule has 0 radical (unpaired) electrons. The molecule has 4 rings (SSSR count). The zero-order valence-corrected chi connectivity index (χ0v) is 16.8. The van der Waals surface area contributed by atoms with E-state index < -0.39 is 18.3 Å². The minimum atomic E-state index is -2.81. The number of H-pyrrole nitrogens is 1. The first-order valence-corrected chi connectivity index (χ1v) is 9.03. The van der Waals surface area contributed by atoms with Gasteiger partial charge in [0.05, 0.1) is 24.6 Å². The number of alkyl halides is 2. The number of hydrogen-bond acceptors (Lipinski definition) is 5. The molecular weight excluding hydrogens is 425 g/mol. The molecule has 1 atom stereocenters. The highest BCUT2D eigenvalue weighted by atomic mass is 35.5. The first-order valence-electron chi connectivity index (χ1n) is 8.65. The summed E-state index contributed by atoms with van der Waals surface area (Å²) in [5.74, 6) is -0.628. The van der Waals surface area contributed by atoms with Gasteiger partial charge in [0, 0.05) is 31.9 Å². The van der Waals surface area contributed by atoms with Crippen molar-refractivity contribution in [2.75, 3.05) is 14.2 Å². The second kappa shape index (κ2) is 7.65. The number of halogens is 4. The van der Waals surface area contributed by atoms with Gasteiger partial charge in [-0.25, -0.2) is 23.1 Å². The summed E-state index contributed by atoms with van der Waals surface area (Å²) in [6, 6.07) is 1.59. The maximum absolute atomic E-state index is 15.1. The summed E-state index contributed by atoms with van der Waals surface area (Å²) >= 11 is 6.11. The molecule has 0 aliphatic heterocycles. The molecule has 8 nitrogen and oxygen atoms in total. The van der Waals surface area contributed by atoms with Crippen LogP contribution in [0.5, 0.6) is 5.75 Å². The highest BCUT2D eigenvalue weighted by Gasteiger charge is 2.29. The Labute approximate surface area is 173 Å². The predicted octanol–water partition coefficient (Wildman–Crippen LogP) is 3.90. The van der Waals surface area contributed by atoms with E-state index in [2.05, 4.69) is 20.2 Å². The third-order valence-electron chi connectivity index (χ3n) is 4.75. The topological polar surface area (TPSA) is 82.8 Å². The summed E-state index contributed by atoms with van der Waals surface area (Å²) < 4.78 is 54.7. The van der Waals surface area contributed by atoms with Crippen LogP contribution in [0.15, 0.2) is 24.8 Å². The van der Waals surface area contributed by atoms with Crippen LogP contribution in [0.4, 0.5) is 13.2 Å². The van der Waals surface area contributed by atoms with E-state index in [1.165, 1.54) is 18.0 Å². The molecule has 4 aromatic rings. The van der Waals surface area contributed by atoms with Gasteiger partial charge in [0.1, 0.15) is 16.5 Å². The zero-order chi connectivity index (χ0) is 21.6. The summed E-state index contributed by atoms with van der Waals surface area (Å²) in [6.45, 7) is 0. The van der Waals surface area contributed by atoms with Crippen LogP contribution in [0.25, 0.3) is 28.1 Å². The minimum Gasteiger partial charge on any atom is -0.495 e. The molecule has 3 aromatic heterocycles. The minimum absolute atomic E-state index is 0.0737. The number of benzene rings is 1. The molecule has 0 saturated carbocycles. The molecule has 0 spiro atoms. The highest BCUT2D eigenvalue weighted by molar-refractivity contribution is 6.33. The van der Waals surface area contributed by atoms with Crippen molar-refractivity contribution < 1.29 is 22.6 Å². The van der Waals surface area contributed by atoms with Gasteiger partial charge in [0.15, 0.2) is 23.6 Å². The fraction of sp³-hybridized carbons (Fsp3) is 0.278. The summed E-state index contributed by atoms with van der Waals surface area (Å²) in [4.78, 5) is 8.22. The Bertz CT molecular complexity index is 1200. The number of fused-ring (bicyclic) bond motifs is 1. The van der Waals surface area contributed by atoms with Crippen molar-refractivity contribution in [1.29, 1.82) is 0 Å². The Morgan fingerprint density at radius 3 is 2.63 bits per heavy atom. The summed E-state index contributed by atoms with van der Waals surface area (Å²) in [7, 11) is 4.13. The van der Waals surface area contributed by atoms with Crippen LogP contribution in [-0.4, -0.2) is 49.9 Å². The fourth-order valence-electron chi connectivity index (χ4n) is 3.40. The molecule has 1 aromatic carbocycles. The fourth-order valence-corrected chi connectivity index (χ4v) is 3.62. The first kappa shape index (κ1) is 20.2. The van der Waals surface area contributed by atoms with Crippen LogP contribution in [0.3, 0.4) is 0 Å². The van der Waals surface area contributed by atoms with Crippen molar-refractivity contribution in [1.82, 2.24) is 29.3 Å². The number of aryl methyl sites for hydroxylation is 1. The van der Waals surface area contributed by atoms with Gasteiger partial charge in [-0.3, -0.25) is 5.10 Å². The van der Waals surface area contributed by atoms with Crippen LogP contribution in [0.2, 0.25) is 5.02 Å². The van der Waals surface area contributed by atoms with Gasteiger partial charge < -0.3 is 18.6 Å². The van der Waals surface area contributed by atoms with Crippen molar-refractivity contribution in [2.24, 2.45) is 7.05 Å². The van der Waals surface area contributed by atoms with Crippen LogP contribution >= 0.6 is 11.6 Å². The van der Waals surface area contributed by atoms with Crippen molar-refractivity contribution in [3.05, 3.63) is 41.5 Å². The lowest BCUT2D eigenvalue weighted by Crippen LogP contribution is -2.13. The monoisotopic (exact) mass is 440 g/mol. The van der Waals surface area contributed by atoms with Crippen LogP contribution in [0.1, 0.15) is 11.9 Å². The van der Waals surface area contributed by atoms with Crippen LogP contribution in [0, 0.1) is 5.82 Å². The van der Waals surface area contributed by atoms with E-state index >= 15 is 4.39 Å². The summed E-state index contributed by atoms with van der Waals surface area (Å²) in [5.41, 5.74) is 1.01. The molecule has 0 aliphatic carbocycles. The Kier molecular flexibility index (Phi) is 5.16. The Balaban J connectivity index is 2.03. The summed E-state index contributed by atoms with van der Waals surface area (Å²) in [5, 5.41) is 6.82. The Morgan fingerprint density at radius 1 is 1.27 bits per heavy atom. The molecule has 0 saturated heterocycles. The smallest absolute Gasteiger partial charge is 0.271 e. The SMILES string of the molecule is COc1cc2c(-n3ccnc3)c(-c3n[nH]c([C@@H](OC)C(F)F)n3)n(C)c2c(F)c1Cl. The molecule has 0 amide bonds. The largest absolute Gasteiger partial charge is 0.495 e. The van der Waals surface area contributed by atoms with E-state index in [4.69, 9.17) is 21.1 Å². The van der Waals surface area contributed by atoms with Crippen molar-refractivity contribution in [3.8, 4) is 23.0 Å². The molecule has 0 fully saturated rings. The van der Waals surface area contributed by atoms with Gasteiger partial charge in [-0.2, -0.15) is 5.10 Å². The number of nitrogens with one attached hydrogen (secondary N) is 1. The third-order valence-corrected chi connectivity index (χ3v) is 5.10. The number of aromatic nitrogens is 6. The van der Waals surface area contributed by atoms with Gasteiger partial charge in [-0.15, -0.1) is 0 Å². The molecule has 0 bridgehead atoms. The number of methoxy groups -OCH3 is 2. The van der Waals surface area contributed by atoms with Crippen LogP contribution < -0.4 is 4.74 Å². The number of aromatic amines is 1. The molecule has 30 heavy (non-hydrogen) atoms. The predicted molar refractivity (Wildman–Crippen MR) is 103 cm³/mol. The molecular formula is C18H16ClF3N6O2. The van der Waals surface area contributed by atoms with Crippen molar-refractivity contribution >= 4 is 22.5 Å². The van der Waals surface area contributed by atoms with E-state index in [1.807, 2.05) is 0 Å². The van der Waals surface area contributed by atoms with Crippen molar-refractivity contribution in [3.63, 3.8) is 0 Å². The van der Waals surface area contributed by atoms with Crippen LogP contribution in [-0.2, 0) is 11.8 Å². The quantitative estimate of drug-likeness (QED) is 0.491. The van der Waals surface area contributed by atoms with E-state index in [9.17, 15) is 8.78 Å². The lowest BCUT2D eigenvalue weighted by atomic mass is 10.2. The highest BCUT2D eigenvalue weighted by Crippen LogP contribution is 2.41. The molecule has 1 N–H and O–H groups in total. The molecule has 12 heteroatoms. The Morgan fingerprint density at radius 2 is 2.03 bits per heavy atom. The van der Waals surface area contributed by atoms with Gasteiger partial charge in [0.25, 0.3) is 6.43 Å². The molecule has 3 heterocycles. The first-order chi connectivity index (χ1) is 14.4. The third kappa shape index (κ3) is 3.01. The van der Waals surface area contributed by atoms with Gasteiger partial charge in [-0.1, -0.05) is 11.6 Å². The van der Waals surface area contributed by atoms with E-state index in [1.54, 1.807) is 30.1 Å². The second-order valence-corrected chi connectivity index (χ2v) is 6.74. The Hall–Kier alpha value is -3.05. The molecule has 0 aliphatic rings. The maximum atomic E-state index is 15.1. The van der Waals surface area contributed by atoms with E-state index in [0.29, 0.717) is 16.8 Å². The zero-order valence-electron chi connectivity index (χ0n) is 16.0. The average molecular weight is 441 g/mol. The van der Waals surface area contributed by atoms with E-state index in [-0.39, 0.29) is 27.9 Å². The van der Waals surface area contributed by atoms with Gasteiger partial charge in [-0.05, 0) is 6.07 Å². The lowest BCUT2D eigenvalue weighted by molar-refractivity contribution is -0.0388. The number of hydrogen-bond donors (Lipinski definition) is 1. The number of rotatable bonds is 6. The normalized spacial score (nSPS) is 12.8. The number of nitrogens with zero attached hydrogens (tertiary/aromatic N) is 5. The maximum Gasteiger partial charge on any atom is 0.271 e. The summed E-state index contributed by atoms with van der Waals surface area (Å²) in [6.07, 6.45) is 0.331. The lowest BCUT2D eigenvalue weighted by Gasteiger charge is -2.10. The van der Waals surface area contributed by atoms with Gasteiger partial charge in [0.2, 0.25) is 0 Å². The van der Waals surface area contributed by atoms with Gasteiger partial charge >= 0.3 is 0 Å². The van der Waals surface area contributed by atoms with E-state index in [0.717, 1.165) is 7.11 Å². The standard InChI is InChI=1S/C18H16ClF3N6O2/c1-27-12-8(6-9(29-2)10(19)11(12)20)13(28-5-4-23-7-28)14(27)17-24-18(26-25-17)15(30-3)16(21)22/h4-7,15-16H,1-3H3,(H,24,25,26)/t15-/m0/s1. The number of imidazole rings is 1. The second-order valence-electron chi connectivity index (χ2n) is 6.36. The molecule has 158 valence electrons. The van der Waals surface area contributed by atoms with Crippen molar-refractivity contribution in [2.45, 2.75) is 12.5 Å².